The highest BCUT2D eigenvalue weighted by molar-refractivity contribution is 7.17. The molecule has 1 amide bonds. The number of fused-ring (bicyclic) bond motifs is 1. The van der Waals surface area contributed by atoms with Crippen LogP contribution in [0.4, 0.5) is 5.82 Å². The number of piperazine rings is 1. The van der Waals surface area contributed by atoms with Gasteiger partial charge in [-0.15, -0.1) is 11.3 Å². The maximum Gasteiger partial charge on any atom is 0.234 e. The fraction of sp³-hybridized carbons (Fsp3) is 0.333. The third-order valence-corrected chi connectivity index (χ3v) is 7.35. The number of amides is 1. The van der Waals surface area contributed by atoms with E-state index >= 15 is 0 Å². The van der Waals surface area contributed by atoms with Gasteiger partial charge >= 0.3 is 0 Å². The molecule has 4 heterocycles. The summed E-state index contributed by atoms with van der Waals surface area (Å²) < 4.78 is 0. The van der Waals surface area contributed by atoms with Gasteiger partial charge in [0.05, 0.1) is 11.9 Å². The zero-order chi connectivity index (χ0) is 24.2. The van der Waals surface area contributed by atoms with E-state index in [1.165, 1.54) is 0 Å². The maximum absolute atomic E-state index is 12.4. The molecule has 0 bridgehead atoms. The first-order valence-electron chi connectivity index (χ1n) is 12.1. The SMILES string of the molecule is CCC(C)NC(=O)CN1CCN(c2nc(-c3cccnc3)nc3scc(-c4ccccc4)c23)CC1. The molecule has 1 fully saturated rings. The van der Waals surface area contributed by atoms with E-state index in [-0.39, 0.29) is 11.9 Å². The lowest BCUT2D eigenvalue weighted by atomic mass is 10.1. The number of nitrogens with one attached hydrogen (secondary N) is 1. The number of nitrogens with zero attached hydrogens (tertiary/aromatic N) is 5. The first-order chi connectivity index (χ1) is 17.1. The Morgan fingerprint density at radius 1 is 1.06 bits per heavy atom. The number of benzene rings is 1. The molecule has 8 heteroatoms. The summed E-state index contributed by atoms with van der Waals surface area (Å²) >= 11 is 1.65. The normalized spacial score (nSPS) is 15.3. The first-order valence-corrected chi connectivity index (χ1v) is 13.0. The van der Waals surface area contributed by atoms with Crippen LogP contribution in [-0.2, 0) is 4.79 Å². The van der Waals surface area contributed by atoms with E-state index in [2.05, 4.69) is 56.7 Å². The second-order valence-corrected chi connectivity index (χ2v) is 9.81. The monoisotopic (exact) mass is 486 g/mol. The van der Waals surface area contributed by atoms with E-state index in [0.717, 1.165) is 65.3 Å². The van der Waals surface area contributed by atoms with Crippen molar-refractivity contribution in [3.05, 3.63) is 60.2 Å². The van der Waals surface area contributed by atoms with Crippen molar-refractivity contribution in [1.29, 1.82) is 0 Å². The van der Waals surface area contributed by atoms with Gasteiger partial charge in [0.2, 0.25) is 5.91 Å². The van der Waals surface area contributed by atoms with Crippen molar-refractivity contribution < 1.29 is 4.79 Å². The Balaban J connectivity index is 1.45. The number of hydrogen-bond acceptors (Lipinski definition) is 7. The minimum atomic E-state index is 0.0975. The maximum atomic E-state index is 12.4. The molecule has 4 aromatic rings. The van der Waals surface area contributed by atoms with Crippen molar-refractivity contribution in [1.82, 2.24) is 25.2 Å². The van der Waals surface area contributed by atoms with Crippen molar-refractivity contribution in [2.24, 2.45) is 0 Å². The van der Waals surface area contributed by atoms with Crippen molar-refractivity contribution in [3.8, 4) is 22.5 Å². The zero-order valence-electron chi connectivity index (χ0n) is 20.1. The van der Waals surface area contributed by atoms with Crippen molar-refractivity contribution in [2.75, 3.05) is 37.6 Å². The molecule has 1 saturated heterocycles. The Labute approximate surface area is 209 Å². The fourth-order valence-electron chi connectivity index (χ4n) is 4.35. The Kier molecular flexibility index (Phi) is 7.01. The van der Waals surface area contributed by atoms with Gasteiger partial charge in [0.15, 0.2) is 5.82 Å². The lowest BCUT2D eigenvalue weighted by Crippen LogP contribution is -2.50. The van der Waals surface area contributed by atoms with Gasteiger partial charge in [0.1, 0.15) is 10.6 Å². The van der Waals surface area contributed by atoms with Crippen LogP contribution in [0.15, 0.2) is 60.2 Å². The molecule has 0 spiro atoms. The second kappa shape index (κ2) is 10.5. The Bertz CT molecular complexity index is 1290. The molecular weight excluding hydrogens is 456 g/mol. The summed E-state index contributed by atoms with van der Waals surface area (Å²) in [5, 5.41) is 6.35. The van der Waals surface area contributed by atoms with Gasteiger partial charge in [-0.2, -0.15) is 0 Å². The second-order valence-electron chi connectivity index (χ2n) is 8.95. The smallest absolute Gasteiger partial charge is 0.234 e. The van der Waals surface area contributed by atoms with Crippen molar-refractivity contribution >= 4 is 33.3 Å². The van der Waals surface area contributed by atoms with Crippen LogP contribution in [0.1, 0.15) is 20.3 Å². The molecule has 7 nitrogen and oxygen atoms in total. The topological polar surface area (TPSA) is 74.2 Å². The number of aromatic nitrogens is 3. The van der Waals surface area contributed by atoms with E-state index in [0.29, 0.717) is 12.4 Å². The fourth-order valence-corrected chi connectivity index (χ4v) is 5.29. The summed E-state index contributed by atoms with van der Waals surface area (Å²) in [5.74, 6) is 1.75. The lowest BCUT2D eigenvalue weighted by Gasteiger charge is -2.35. The molecule has 1 unspecified atom stereocenters. The molecule has 0 saturated carbocycles. The number of anilines is 1. The third-order valence-electron chi connectivity index (χ3n) is 6.48. The molecule has 3 aromatic heterocycles. The lowest BCUT2D eigenvalue weighted by molar-refractivity contribution is -0.122. The summed E-state index contributed by atoms with van der Waals surface area (Å²) in [6.45, 7) is 7.80. The zero-order valence-corrected chi connectivity index (χ0v) is 21.0. The highest BCUT2D eigenvalue weighted by atomic mass is 32.1. The Hall–Kier alpha value is -3.36. The van der Waals surface area contributed by atoms with Crippen LogP contribution in [0.5, 0.6) is 0 Å². The molecule has 35 heavy (non-hydrogen) atoms. The van der Waals surface area contributed by atoms with Crippen LogP contribution in [0, 0.1) is 0 Å². The van der Waals surface area contributed by atoms with Crippen LogP contribution in [0.3, 0.4) is 0 Å². The van der Waals surface area contributed by atoms with Gasteiger partial charge in [0.25, 0.3) is 0 Å². The summed E-state index contributed by atoms with van der Waals surface area (Å²) in [7, 11) is 0. The van der Waals surface area contributed by atoms with E-state index < -0.39 is 0 Å². The summed E-state index contributed by atoms with van der Waals surface area (Å²) in [6.07, 6.45) is 4.51. The first kappa shape index (κ1) is 23.4. The van der Waals surface area contributed by atoms with E-state index in [9.17, 15) is 4.79 Å². The van der Waals surface area contributed by atoms with Gasteiger partial charge in [0, 0.05) is 61.1 Å². The number of carbonyl (C=O) groups is 1. The number of rotatable bonds is 7. The van der Waals surface area contributed by atoms with E-state index in [4.69, 9.17) is 9.97 Å². The third kappa shape index (κ3) is 5.18. The number of hydrogen-bond donors (Lipinski definition) is 1. The Morgan fingerprint density at radius 3 is 2.54 bits per heavy atom. The predicted molar refractivity (Wildman–Crippen MR) is 143 cm³/mol. The molecule has 1 aliphatic heterocycles. The van der Waals surface area contributed by atoms with Gasteiger partial charge in [-0.25, -0.2) is 9.97 Å². The molecule has 180 valence electrons. The van der Waals surface area contributed by atoms with Gasteiger partial charge in [-0.3, -0.25) is 14.7 Å². The van der Waals surface area contributed by atoms with E-state index in [1.54, 1.807) is 17.5 Å². The number of carbonyl (C=O) groups excluding carboxylic acids is 1. The Morgan fingerprint density at radius 2 is 1.83 bits per heavy atom. The van der Waals surface area contributed by atoms with Crippen LogP contribution < -0.4 is 10.2 Å². The van der Waals surface area contributed by atoms with Gasteiger partial charge in [-0.1, -0.05) is 37.3 Å². The van der Waals surface area contributed by atoms with Gasteiger partial charge < -0.3 is 10.2 Å². The molecule has 1 N–H and O–H groups in total. The quantitative estimate of drug-likeness (QED) is 0.416. The standard InChI is InChI=1S/C27H30N6OS/c1-3-19(2)29-23(34)17-32-12-14-33(15-13-32)26-24-22(20-8-5-4-6-9-20)18-35-27(24)31-25(30-26)21-10-7-11-28-16-21/h4-11,16,18-19H,3,12-15,17H2,1-2H3,(H,29,34). The molecule has 1 aliphatic rings. The average Bonchev–Trinajstić information content (AvgIpc) is 3.34. The van der Waals surface area contributed by atoms with Crippen molar-refractivity contribution in [3.63, 3.8) is 0 Å². The molecule has 0 aliphatic carbocycles. The summed E-state index contributed by atoms with van der Waals surface area (Å²) in [5.41, 5.74) is 3.23. The molecule has 1 aromatic carbocycles. The molecular formula is C27H30N6OS. The van der Waals surface area contributed by atoms with Crippen LogP contribution in [-0.4, -0.2) is 64.5 Å². The number of thiophene rings is 1. The summed E-state index contributed by atoms with van der Waals surface area (Å²) in [6, 6.07) is 14.5. The van der Waals surface area contributed by atoms with Crippen molar-refractivity contribution in [2.45, 2.75) is 26.3 Å². The minimum absolute atomic E-state index is 0.0975. The van der Waals surface area contributed by atoms with Crippen LogP contribution in [0.25, 0.3) is 32.7 Å². The minimum Gasteiger partial charge on any atom is -0.353 e. The predicted octanol–water partition coefficient (Wildman–Crippen LogP) is 4.46. The molecule has 1 atom stereocenters. The largest absolute Gasteiger partial charge is 0.353 e. The number of pyridine rings is 1. The van der Waals surface area contributed by atoms with Crippen LogP contribution >= 0.6 is 11.3 Å². The van der Waals surface area contributed by atoms with Crippen LogP contribution in [0.2, 0.25) is 0 Å². The van der Waals surface area contributed by atoms with Gasteiger partial charge in [-0.05, 0) is 31.0 Å². The molecule has 0 radical (unpaired) electrons. The highest BCUT2D eigenvalue weighted by Gasteiger charge is 2.25. The summed E-state index contributed by atoms with van der Waals surface area (Å²) in [4.78, 5) is 32.2. The van der Waals surface area contributed by atoms with E-state index in [1.807, 2.05) is 31.3 Å². The molecule has 5 rings (SSSR count). The average molecular weight is 487 g/mol. The highest BCUT2D eigenvalue weighted by Crippen LogP contribution is 2.39.